The molecule has 0 saturated carbocycles. The molecule has 0 radical (unpaired) electrons. The molecule has 33 heavy (non-hydrogen) atoms. The monoisotopic (exact) mass is 448 g/mol. The van der Waals surface area contributed by atoms with Crippen LogP contribution in [0.5, 0.6) is 0 Å². The zero-order chi connectivity index (χ0) is 23.0. The Labute approximate surface area is 195 Å². The second-order valence-corrected chi connectivity index (χ2v) is 8.46. The van der Waals surface area contributed by atoms with Crippen molar-refractivity contribution in [1.82, 2.24) is 24.8 Å². The zero-order valence-corrected chi connectivity index (χ0v) is 19.6. The molecule has 1 N–H and O–H groups in total. The molecule has 1 aliphatic heterocycles. The van der Waals surface area contributed by atoms with Crippen LogP contribution in [0.3, 0.4) is 0 Å². The minimum atomic E-state index is -0.201. The van der Waals surface area contributed by atoms with Gasteiger partial charge in [0.25, 0.3) is 0 Å². The van der Waals surface area contributed by atoms with E-state index in [-0.39, 0.29) is 5.82 Å². The Morgan fingerprint density at radius 1 is 1.09 bits per heavy atom. The van der Waals surface area contributed by atoms with Gasteiger partial charge in [-0.3, -0.25) is 9.88 Å². The smallest absolute Gasteiger partial charge is 0.163 e. The van der Waals surface area contributed by atoms with E-state index in [4.69, 9.17) is 9.97 Å². The standard InChI is InChI=1S/C26H33FN6/c1-3-32(4-2)15-6-14-29-26-23-12-16-33(18-20-8-10-22(27)11-9-20)19-24(23)30-25(31-26)21-7-5-13-28-17-21/h5,7-11,13,17H,3-4,6,12,14-16,18-19H2,1-2H3,(H,29,30,31). The average molecular weight is 449 g/mol. The molecule has 0 fully saturated rings. The number of hydrogen-bond acceptors (Lipinski definition) is 6. The number of halogens is 1. The van der Waals surface area contributed by atoms with Gasteiger partial charge in [0.1, 0.15) is 11.6 Å². The maximum atomic E-state index is 13.3. The normalized spacial score (nSPS) is 13.8. The Morgan fingerprint density at radius 2 is 1.91 bits per heavy atom. The fourth-order valence-corrected chi connectivity index (χ4v) is 4.29. The number of pyridine rings is 1. The van der Waals surface area contributed by atoms with Crippen LogP contribution < -0.4 is 5.32 Å². The van der Waals surface area contributed by atoms with Crippen molar-refractivity contribution in [3.63, 3.8) is 0 Å². The molecular weight excluding hydrogens is 415 g/mol. The molecule has 174 valence electrons. The summed E-state index contributed by atoms with van der Waals surface area (Å²) in [5.74, 6) is 1.45. The summed E-state index contributed by atoms with van der Waals surface area (Å²) in [7, 11) is 0. The van der Waals surface area contributed by atoms with E-state index in [0.29, 0.717) is 5.82 Å². The molecule has 1 aliphatic rings. The Bertz CT molecular complexity index is 1020. The molecule has 2 aromatic heterocycles. The first-order chi connectivity index (χ1) is 16.2. The van der Waals surface area contributed by atoms with Crippen molar-refractivity contribution in [2.45, 2.75) is 39.8 Å². The van der Waals surface area contributed by atoms with Gasteiger partial charge in [-0.25, -0.2) is 14.4 Å². The highest BCUT2D eigenvalue weighted by atomic mass is 19.1. The Balaban J connectivity index is 1.52. The van der Waals surface area contributed by atoms with E-state index in [9.17, 15) is 4.39 Å². The lowest BCUT2D eigenvalue weighted by Crippen LogP contribution is -2.32. The quantitative estimate of drug-likeness (QED) is 0.465. The van der Waals surface area contributed by atoms with Crippen molar-refractivity contribution in [1.29, 1.82) is 0 Å². The van der Waals surface area contributed by atoms with Crippen LogP contribution in [0, 0.1) is 5.82 Å². The number of fused-ring (bicyclic) bond motifs is 1. The predicted molar refractivity (Wildman–Crippen MR) is 130 cm³/mol. The molecule has 0 atom stereocenters. The summed E-state index contributed by atoms with van der Waals surface area (Å²) in [5.41, 5.74) is 4.29. The average Bonchev–Trinajstić information content (AvgIpc) is 2.85. The van der Waals surface area contributed by atoms with Gasteiger partial charge in [0.15, 0.2) is 5.82 Å². The molecule has 4 rings (SSSR count). The number of hydrogen-bond donors (Lipinski definition) is 1. The summed E-state index contributed by atoms with van der Waals surface area (Å²) in [6.45, 7) is 11.0. The van der Waals surface area contributed by atoms with Crippen molar-refractivity contribution < 1.29 is 4.39 Å². The molecule has 0 unspecified atom stereocenters. The van der Waals surface area contributed by atoms with Gasteiger partial charge in [0.2, 0.25) is 0 Å². The van der Waals surface area contributed by atoms with Crippen molar-refractivity contribution in [3.8, 4) is 11.4 Å². The number of aromatic nitrogens is 3. The summed E-state index contributed by atoms with van der Waals surface area (Å²) in [6.07, 6.45) is 5.53. The second-order valence-electron chi connectivity index (χ2n) is 8.46. The molecule has 0 saturated heterocycles. The van der Waals surface area contributed by atoms with Crippen molar-refractivity contribution in [2.75, 3.05) is 38.0 Å². The topological polar surface area (TPSA) is 57.2 Å². The fraction of sp³-hybridized carbons (Fsp3) is 0.423. The number of nitrogens with zero attached hydrogens (tertiary/aromatic N) is 5. The third kappa shape index (κ3) is 6.12. The summed E-state index contributed by atoms with van der Waals surface area (Å²) in [4.78, 5) is 18.9. The van der Waals surface area contributed by atoms with Crippen LogP contribution in [0.1, 0.15) is 37.1 Å². The Kier molecular flexibility index (Phi) is 7.96. The van der Waals surface area contributed by atoms with Gasteiger partial charge in [-0.1, -0.05) is 26.0 Å². The predicted octanol–water partition coefficient (Wildman–Crippen LogP) is 4.38. The third-order valence-corrected chi connectivity index (χ3v) is 6.22. The SMILES string of the molecule is CCN(CC)CCCNc1nc(-c2cccnc2)nc2c1CCN(Cc1ccc(F)cc1)C2. The molecule has 3 heterocycles. The molecule has 0 amide bonds. The van der Waals surface area contributed by atoms with E-state index in [2.05, 4.69) is 33.9 Å². The van der Waals surface area contributed by atoms with Crippen LogP contribution >= 0.6 is 0 Å². The fourth-order valence-electron chi connectivity index (χ4n) is 4.29. The molecule has 7 heteroatoms. The van der Waals surface area contributed by atoms with Crippen LogP contribution in [-0.4, -0.2) is 57.5 Å². The van der Waals surface area contributed by atoms with Gasteiger partial charge in [-0.05, 0) is 62.3 Å². The minimum Gasteiger partial charge on any atom is -0.370 e. The Hall–Kier alpha value is -2.90. The third-order valence-electron chi connectivity index (χ3n) is 6.22. The summed E-state index contributed by atoms with van der Waals surface area (Å²) in [6, 6.07) is 10.7. The lowest BCUT2D eigenvalue weighted by molar-refractivity contribution is 0.241. The van der Waals surface area contributed by atoms with Gasteiger partial charge in [0, 0.05) is 49.7 Å². The van der Waals surface area contributed by atoms with E-state index in [0.717, 1.165) is 81.3 Å². The highest BCUT2D eigenvalue weighted by Gasteiger charge is 2.23. The maximum Gasteiger partial charge on any atom is 0.163 e. The number of benzene rings is 1. The van der Waals surface area contributed by atoms with E-state index >= 15 is 0 Å². The molecule has 0 bridgehead atoms. The van der Waals surface area contributed by atoms with E-state index < -0.39 is 0 Å². The van der Waals surface area contributed by atoms with Crippen LogP contribution in [0.4, 0.5) is 10.2 Å². The zero-order valence-electron chi connectivity index (χ0n) is 19.6. The first-order valence-electron chi connectivity index (χ1n) is 11.9. The molecule has 0 spiro atoms. The lowest BCUT2D eigenvalue weighted by Gasteiger charge is -2.29. The van der Waals surface area contributed by atoms with Gasteiger partial charge in [-0.2, -0.15) is 0 Å². The van der Waals surface area contributed by atoms with E-state index in [1.165, 1.54) is 17.7 Å². The molecule has 1 aromatic carbocycles. The van der Waals surface area contributed by atoms with E-state index in [1.807, 2.05) is 30.5 Å². The van der Waals surface area contributed by atoms with Gasteiger partial charge < -0.3 is 10.2 Å². The highest BCUT2D eigenvalue weighted by Crippen LogP contribution is 2.27. The summed E-state index contributed by atoms with van der Waals surface area (Å²) in [5, 5.41) is 3.60. The van der Waals surface area contributed by atoms with Crippen molar-refractivity contribution >= 4 is 5.82 Å². The molecule has 0 aliphatic carbocycles. The van der Waals surface area contributed by atoms with Crippen LogP contribution in [0.25, 0.3) is 11.4 Å². The maximum absolute atomic E-state index is 13.3. The number of nitrogens with one attached hydrogen (secondary N) is 1. The first kappa shape index (κ1) is 23.3. The molecule has 3 aromatic rings. The minimum absolute atomic E-state index is 0.201. The van der Waals surface area contributed by atoms with Crippen LogP contribution in [-0.2, 0) is 19.5 Å². The van der Waals surface area contributed by atoms with Gasteiger partial charge in [0.05, 0.1) is 5.69 Å². The molecular formula is C26H33FN6. The van der Waals surface area contributed by atoms with Crippen LogP contribution in [0.15, 0.2) is 48.8 Å². The number of rotatable bonds is 10. The largest absolute Gasteiger partial charge is 0.370 e. The highest BCUT2D eigenvalue weighted by molar-refractivity contribution is 5.59. The van der Waals surface area contributed by atoms with Gasteiger partial charge in [-0.15, -0.1) is 0 Å². The summed E-state index contributed by atoms with van der Waals surface area (Å²) < 4.78 is 13.3. The molecule has 6 nitrogen and oxygen atoms in total. The van der Waals surface area contributed by atoms with Gasteiger partial charge >= 0.3 is 0 Å². The Morgan fingerprint density at radius 3 is 2.64 bits per heavy atom. The van der Waals surface area contributed by atoms with Crippen molar-refractivity contribution in [2.24, 2.45) is 0 Å². The summed E-state index contributed by atoms with van der Waals surface area (Å²) >= 11 is 0. The van der Waals surface area contributed by atoms with Crippen molar-refractivity contribution in [3.05, 3.63) is 71.4 Å². The van der Waals surface area contributed by atoms with E-state index in [1.54, 1.807) is 6.20 Å². The van der Waals surface area contributed by atoms with Crippen LogP contribution in [0.2, 0.25) is 0 Å². The second kappa shape index (κ2) is 11.3. The number of anilines is 1. The first-order valence-corrected chi connectivity index (χ1v) is 11.9. The lowest BCUT2D eigenvalue weighted by atomic mass is 10.0.